The number of Topliss-reactive ketones (excluding diaryl/α,β-unsaturated/α-hetero) is 1. The molecular weight excluding hydrogens is 460 g/mol. The molecule has 3 amide bonds. The largest absolute Gasteiger partial charge is 0.454 e. The van der Waals surface area contributed by atoms with Crippen LogP contribution < -0.4 is 5.32 Å². The van der Waals surface area contributed by atoms with Gasteiger partial charge in [0.1, 0.15) is 6.04 Å². The van der Waals surface area contributed by atoms with Crippen LogP contribution in [-0.2, 0) is 30.3 Å². The van der Waals surface area contributed by atoms with E-state index >= 15 is 0 Å². The molecule has 2 aromatic rings. The predicted octanol–water partition coefficient (Wildman–Crippen LogP) is 3.01. The molecule has 2 bridgehead atoms. The third-order valence-electron chi connectivity index (χ3n) is 7.74. The van der Waals surface area contributed by atoms with Crippen LogP contribution in [0.2, 0.25) is 0 Å². The number of nitrogens with one attached hydrogen (secondary N) is 1. The average Bonchev–Trinajstić information content (AvgIpc) is 3.56. The van der Waals surface area contributed by atoms with Crippen LogP contribution in [0.1, 0.15) is 42.1 Å². The smallest absolute Gasteiger partial charge is 0.330 e. The number of ether oxygens (including phenoxy) is 1. The molecule has 5 rings (SSSR count). The Kier molecular flexibility index (Phi) is 6.43. The molecule has 2 aliphatic carbocycles. The van der Waals surface area contributed by atoms with Crippen molar-refractivity contribution < 1.29 is 28.7 Å². The fourth-order valence-electron chi connectivity index (χ4n) is 6.07. The lowest BCUT2D eigenvalue weighted by atomic mass is 9.81. The first kappa shape index (κ1) is 23.9. The van der Waals surface area contributed by atoms with Gasteiger partial charge >= 0.3 is 5.97 Å². The maximum atomic E-state index is 13.4. The lowest BCUT2D eigenvalue weighted by Crippen LogP contribution is -2.48. The molecule has 1 aliphatic heterocycles. The highest BCUT2D eigenvalue weighted by Gasteiger charge is 2.62. The highest BCUT2D eigenvalue weighted by atomic mass is 16.5. The van der Waals surface area contributed by atoms with E-state index in [1.165, 1.54) is 6.92 Å². The van der Waals surface area contributed by atoms with Crippen molar-refractivity contribution in [2.75, 3.05) is 11.9 Å². The number of hydrogen-bond acceptors (Lipinski definition) is 6. The Bertz CT molecular complexity index is 1180. The Hall–Kier alpha value is -3.81. The van der Waals surface area contributed by atoms with Gasteiger partial charge < -0.3 is 10.1 Å². The molecule has 5 atom stereocenters. The third kappa shape index (κ3) is 4.43. The topological polar surface area (TPSA) is 110 Å². The number of nitrogens with zero attached hydrogens (tertiary/aromatic N) is 1. The Morgan fingerprint density at radius 2 is 1.56 bits per heavy atom. The van der Waals surface area contributed by atoms with Crippen LogP contribution >= 0.6 is 0 Å². The highest BCUT2D eigenvalue weighted by Crippen LogP contribution is 2.56. The Labute approximate surface area is 209 Å². The Balaban J connectivity index is 1.29. The summed E-state index contributed by atoms with van der Waals surface area (Å²) in [6.45, 7) is 0.889. The van der Waals surface area contributed by atoms with E-state index in [9.17, 15) is 24.0 Å². The van der Waals surface area contributed by atoms with Crippen molar-refractivity contribution in [1.29, 1.82) is 0 Å². The molecule has 1 saturated heterocycles. The summed E-state index contributed by atoms with van der Waals surface area (Å²) in [5, 5.41) is 2.62. The summed E-state index contributed by atoms with van der Waals surface area (Å²) in [4.78, 5) is 64.9. The van der Waals surface area contributed by atoms with Crippen molar-refractivity contribution in [3.8, 4) is 0 Å². The summed E-state index contributed by atoms with van der Waals surface area (Å²) in [7, 11) is 0. The molecule has 0 aromatic heterocycles. The van der Waals surface area contributed by atoms with Gasteiger partial charge in [-0.15, -0.1) is 0 Å². The molecule has 3 aliphatic rings. The number of ketones is 1. The van der Waals surface area contributed by atoms with E-state index in [1.807, 2.05) is 30.3 Å². The maximum absolute atomic E-state index is 13.4. The van der Waals surface area contributed by atoms with Crippen LogP contribution in [0, 0.1) is 23.7 Å². The average molecular weight is 489 g/mol. The number of imide groups is 1. The molecule has 8 heteroatoms. The number of carbonyl (C=O) groups excluding carboxylic acids is 5. The molecule has 0 unspecified atom stereocenters. The standard InChI is InChI=1S/C28H28N2O6/c1-16(31)18-9-11-21(12-10-18)29-23(32)15-36-28(35)22(13-17-5-3-2-4-6-17)30-26(33)24-19-7-8-20(14-19)25(24)27(30)34/h2-6,9-12,19-20,22,24-25H,7-8,13-15H2,1H3,(H,29,32)/t19-,20-,22-,24+,25+/m0/s1. The number of esters is 1. The number of fused-ring (bicyclic) bond motifs is 5. The number of likely N-dealkylation sites (tertiary alicyclic amines) is 1. The first-order valence-electron chi connectivity index (χ1n) is 12.3. The third-order valence-corrected chi connectivity index (χ3v) is 7.74. The molecule has 1 N–H and O–H groups in total. The fourth-order valence-corrected chi connectivity index (χ4v) is 6.07. The van der Waals surface area contributed by atoms with Gasteiger partial charge in [-0.25, -0.2) is 4.79 Å². The Morgan fingerprint density at radius 3 is 2.14 bits per heavy atom. The summed E-state index contributed by atoms with van der Waals surface area (Å²) in [6, 6.07) is 14.4. The van der Waals surface area contributed by atoms with E-state index < -0.39 is 24.5 Å². The molecule has 1 heterocycles. The summed E-state index contributed by atoms with van der Waals surface area (Å²) < 4.78 is 5.32. The van der Waals surface area contributed by atoms with Crippen LogP contribution in [0.4, 0.5) is 5.69 Å². The number of carbonyl (C=O) groups is 5. The first-order valence-corrected chi connectivity index (χ1v) is 12.3. The summed E-state index contributed by atoms with van der Waals surface area (Å²) in [5.74, 6) is -2.29. The lowest BCUT2D eigenvalue weighted by Gasteiger charge is -2.26. The molecule has 36 heavy (non-hydrogen) atoms. The van der Waals surface area contributed by atoms with Gasteiger partial charge in [-0.05, 0) is 67.9 Å². The van der Waals surface area contributed by atoms with Crippen molar-refractivity contribution in [1.82, 2.24) is 4.90 Å². The zero-order valence-electron chi connectivity index (χ0n) is 20.0. The van der Waals surface area contributed by atoms with E-state index in [0.29, 0.717) is 11.3 Å². The minimum absolute atomic E-state index is 0.0885. The van der Waals surface area contributed by atoms with Crippen LogP contribution in [0.25, 0.3) is 0 Å². The minimum atomic E-state index is -1.12. The molecule has 186 valence electrons. The second-order valence-corrected chi connectivity index (χ2v) is 9.93. The fraction of sp³-hybridized carbons (Fsp3) is 0.393. The van der Waals surface area contributed by atoms with E-state index in [1.54, 1.807) is 24.3 Å². The van der Waals surface area contributed by atoms with Gasteiger partial charge in [-0.1, -0.05) is 30.3 Å². The van der Waals surface area contributed by atoms with Gasteiger partial charge in [0.25, 0.3) is 5.91 Å². The molecule has 3 fully saturated rings. The van der Waals surface area contributed by atoms with Crippen molar-refractivity contribution >= 4 is 35.2 Å². The Morgan fingerprint density at radius 1 is 0.944 bits per heavy atom. The van der Waals surface area contributed by atoms with Gasteiger partial charge in [0.15, 0.2) is 12.4 Å². The number of amides is 3. The van der Waals surface area contributed by atoms with Crippen molar-refractivity contribution in [3.63, 3.8) is 0 Å². The van der Waals surface area contributed by atoms with E-state index in [-0.39, 0.29) is 47.7 Å². The zero-order valence-corrected chi connectivity index (χ0v) is 20.0. The lowest BCUT2D eigenvalue weighted by molar-refractivity contribution is -0.160. The van der Waals surface area contributed by atoms with Crippen LogP contribution in [-0.4, -0.2) is 47.0 Å². The first-order chi connectivity index (χ1) is 17.3. The maximum Gasteiger partial charge on any atom is 0.330 e. The quantitative estimate of drug-likeness (QED) is 0.348. The normalized spacial score (nSPS) is 25.0. The van der Waals surface area contributed by atoms with Gasteiger partial charge in [-0.3, -0.25) is 24.1 Å². The SMILES string of the molecule is CC(=O)c1ccc(NC(=O)COC(=O)[C@H](Cc2ccccc2)N2C(=O)[C@@H]3[C@H]4CC[C@@H](C4)[C@H]3C2=O)cc1. The van der Waals surface area contributed by atoms with Gasteiger partial charge in [-0.2, -0.15) is 0 Å². The second-order valence-electron chi connectivity index (χ2n) is 9.93. The van der Waals surface area contributed by atoms with E-state index in [2.05, 4.69) is 5.32 Å². The number of hydrogen-bond donors (Lipinski definition) is 1. The molecule has 2 saturated carbocycles. The van der Waals surface area contributed by atoms with Crippen LogP contribution in [0.3, 0.4) is 0 Å². The summed E-state index contributed by atoms with van der Waals surface area (Å²) in [6.07, 6.45) is 2.92. The second kappa shape index (κ2) is 9.68. The summed E-state index contributed by atoms with van der Waals surface area (Å²) in [5.41, 5.74) is 1.76. The predicted molar refractivity (Wildman–Crippen MR) is 130 cm³/mol. The molecule has 0 radical (unpaired) electrons. The zero-order chi connectivity index (χ0) is 25.4. The number of anilines is 1. The van der Waals surface area contributed by atoms with E-state index in [0.717, 1.165) is 29.7 Å². The van der Waals surface area contributed by atoms with Gasteiger partial charge in [0, 0.05) is 17.7 Å². The summed E-state index contributed by atoms with van der Waals surface area (Å²) >= 11 is 0. The van der Waals surface area contributed by atoms with Crippen LogP contribution in [0.15, 0.2) is 54.6 Å². The molecule has 8 nitrogen and oxygen atoms in total. The van der Waals surface area contributed by atoms with Crippen molar-refractivity contribution in [2.24, 2.45) is 23.7 Å². The molecular formula is C28H28N2O6. The monoisotopic (exact) mass is 488 g/mol. The minimum Gasteiger partial charge on any atom is -0.454 e. The van der Waals surface area contributed by atoms with Crippen LogP contribution in [0.5, 0.6) is 0 Å². The van der Waals surface area contributed by atoms with Crippen molar-refractivity contribution in [2.45, 2.75) is 38.6 Å². The van der Waals surface area contributed by atoms with Gasteiger partial charge in [0.05, 0.1) is 11.8 Å². The van der Waals surface area contributed by atoms with Gasteiger partial charge in [0.2, 0.25) is 11.8 Å². The highest BCUT2D eigenvalue weighted by molar-refractivity contribution is 6.09. The van der Waals surface area contributed by atoms with E-state index in [4.69, 9.17) is 4.74 Å². The number of rotatable bonds is 8. The number of benzene rings is 2. The van der Waals surface area contributed by atoms with Crippen molar-refractivity contribution in [3.05, 3.63) is 65.7 Å². The molecule has 2 aromatic carbocycles. The molecule has 0 spiro atoms.